The molecule has 1 aliphatic heterocycles. The van der Waals surface area contributed by atoms with Crippen LogP contribution in [0.4, 0.5) is 0 Å². The van der Waals surface area contributed by atoms with Gasteiger partial charge in [-0.1, -0.05) is 20.8 Å². The van der Waals surface area contributed by atoms with Gasteiger partial charge in [-0.15, -0.1) is 0 Å². The molecule has 0 bridgehead atoms. The molecular weight excluding hydrogens is 218 g/mol. The number of hydrogen-bond acceptors (Lipinski definition) is 3. The first-order chi connectivity index (χ1) is 7.97. The van der Waals surface area contributed by atoms with E-state index in [9.17, 15) is 4.79 Å². The zero-order valence-corrected chi connectivity index (χ0v) is 11.3. The van der Waals surface area contributed by atoms with Gasteiger partial charge in [0.1, 0.15) is 0 Å². The van der Waals surface area contributed by atoms with Gasteiger partial charge in [0, 0.05) is 19.6 Å². The van der Waals surface area contributed by atoms with Gasteiger partial charge in [0.25, 0.3) is 0 Å². The highest BCUT2D eigenvalue weighted by Crippen LogP contribution is 2.17. The van der Waals surface area contributed by atoms with Crippen LogP contribution in [0.15, 0.2) is 0 Å². The van der Waals surface area contributed by atoms with Crippen LogP contribution < -0.4 is 5.32 Å². The highest BCUT2D eigenvalue weighted by Gasteiger charge is 2.16. The Morgan fingerprint density at radius 1 is 1.41 bits per heavy atom. The van der Waals surface area contributed by atoms with Crippen LogP contribution >= 0.6 is 0 Å². The van der Waals surface area contributed by atoms with Gasteiger partial charge in [-0.05, 0) is 24.7 Å². The molecule has 1 N–H and O–H groups in total. The second-order valence-corrected chi connectivity index (χ2v) is 5.75. The summed E-state index contributed by atoms with van der Waals surface area (Å²) in [6, 6.07) is 0. The molecule has 4 nitrogen and oxygen atoms in total. The Kier molecular flexibility index (Phi) is 5.92. The first-order valence-corrected chi connectivity index (χ1v) is 6.47. The second kappa shape index (κ2) is 6.97. The fraction of sp³-hybridized carbons (Fsp3) is 0.923. The van der Waals surface area contributed by atoms with Crippen LogP contribution in [0.1, 0.15) is 46.5 Å². The second-order valence-electron chi connectivity index (χ2n) is 5.75. The highest BCUT2D eigenvalue weighted by molar-refractivity contribution is 5.76. The Hall–Kier alpha value is -0.610. The average molecular weight is 243 g/mol. The third kappa shape index (κ3) is 7.34. The van der Waals surface area contributed by atoms with E-state index < -0.39 is 0 Å². The zero-order valence-electron chi connectivity index (χ0n) is 11.3. The first kappa shape index (κ1) is 14.5. The summed E-state index contributed by atoms with van der Waals surface area (Å²) < 4.78 is 11.0. The van der Waals surface area contributed by atoms with Crippen molar-refractivity contribution >= 4 is 5.91 Å². The predicted octanol–water partition coefficient (Wildman–Crippen LogP) is 2.08. The fourth-order valence-electron chi connectivity index (χ4n) is 1.77. The standard InChI is InChI=1S/C13H25NO3/c1-13(2,3)10-11(15)14-7-9-17-12-6-4-5-8-16-12/h12H,4-10H2,1-3H3,(H,14,15). The van der Waals surface area contributed by atoms with Crippen molar-refractivity contribution in [3.8, 4) is 0 Å². The average Bonchev–Trinajstić information content (AvgIpc) is 2.23. The van der Waals surface area contributed by atoms with E-state index in [-0.39, 0.29) is 17.6 Å². The number of carbonyl (C=O) groups excluding carboxylic acids is 1. The number of hydrogen-bond donors (Lipinski definition) is 1. The molecule has 1 rings (SSSR count). The van der Waals surface area contributed by atoms with E-state index >= 15 is 0 Å². The molecule has 1 atom stereocenters. The van der Waals surface area contributed by atoms with Gasteiger partial charge in [0.2, 0.25) is 5.91 Å². The quantitative estimate of drug-likeness (QED) is 0.752. The van der Waals surface area contributed by atoms with Gasteiger partial charge >= 0.3 is 0 Å². The Bertz CT molecular complexity index is 229. The van der Waals surface area contributed by atoms with Crippen molar-refractivity contribution < 1.29 is 14.3 Å². The third-order valence-electron chi connectivity index (χ3n) is 2.56. The zero-order chi connectivity index (χ0) is 12.7. The van der Waals surface area contributed by atoms with E-state index in [0.29, 0.717) is 19.6 Å². The van der Waals surface area contributed by atoms with Gasteiger partial charge in [0.15, 0.2) is 6.29 Å². The molecule has 1 amide bonds. The first-order valence-electron chi connectivity index (χ1n) is 6.47. The number of amides is 1. The third-order valence-corrected chi connectivity index (χ3v) is 2.56. The van der Waals surface area contributed by atoms with Crippen molar-refractivity contribution in [2.24, 2.45) is 5.41 Å². The van der Waals surface area contributed by atoms with E-state index in [2.05, 4.69) is 26.1 Å². The van der Waals surface area contributed by atoms with E-state index in [4.69, 9.17) is 9.47 Å². The van der Waals surface area contributed by atoms with Crippen molar-refractivity contribution in [3.05, 3.63) is 0 Å². The molecule has 1 unspecified atom stereocenters. The van der Waals surface area contributed by atoms with Gasteiger partial charge in [-0.3, -0.25) is 4.79 Å². The Labute approximate surface area is 104 Å². The molecule has 0 aromatic heterocycles. The fourth-order valence-corrected chi connectivity index (χ4v) is 1.77. The van der Waals surface area contributed by atoms with Gasteiger partial charge in [-0.25, -0.2) is 0 Å². The van der Waals surface area contributed by atoms with Crippen molar-refractivity contribution in [3.63, 3.8) is 0 Å². The molecule has 1 aliphatic rings. The summed E-state index contributed by atoms with van der Waals surface area (Å²) in [7, 11) is 0. The van der Waals surface area contributed by atoms with E-state index in [0.717, 1.165) is 19.4 Å². The molecule has 4 heteroatoms. The molecule has 0 spiro atoms. The lowest BCUT2D eigenvalue weighted by Gasteiger charge is -2.23. The summed E-state index contributed by atoms with van der Waals surface area (Å²) in [5.41, 5.74) is 0.0391. The van der Waals surface area contributed by atoms with Gasteiger partial charge < -0.3 is 14.8 Å². The predicted molar refractivity (Wildman–Crippen MR) is 66.6 cm³/mol. The maximum atomic E-state index is 11.5. The monoisotopic (exact) mass is 243 g/mol. The topological polar surface area (TPSA) is 47.6 Å². The summed E-state index contributed by atoms with van der Waals surface area (Å²) in [5.74, 6) is 0.0886. The number of carbonyl (C=O) groups is 1. The SMILES string of the molecule is CC(C)(C)CC(=O)NCCOC1CCCCO1. The smallest absolute Gasteiger partial charge is 0.220 e. The van der Waals surface area contributed by atoms with Crippen LogP contribution in [0.2, 0.25) is 0 Å². The van der Waals surface area contributed by atoms with Crippen molar-refractivity contribution in [1.82, 2.24) is 5.32 Å². The van der Waals surface area contributed by atoms with Gasteiger partial charge in [-0.2, -0.15) is 0 Å². The van der Waals surface area contributed by atoms with Gasteiger partial charge in [0.05, 0.1) is 6.61 Å². The number of rotatable bonds is 5. The minimum atomic E-state index is -0.0664. The summed E-state index contributed by atoms with van der Waals surface area (Å²) in [6.45, 7) is 8.05. The molecule has 1 fully saturated rings. The molecule has 0 saturated carbocycles. The van der Waals surface area contributed by atoms with E-state index in [1.165, 1.54) is 6.42 Å². The summed E-state index contributed by atoms with van der Waals surface area (Å²) in [4.78, 5) is 11.5. The molecule has 1 saturated heterocycles. The molecule has 1 heterocycles. The normalized spacial score (nSPS) is 21.2. The van der Waals surface area contributed by atoms with Crippen LogP contribution in [-0.2, 0) is 14.3 Å². The number of ether oxygens (including phenoxy) is 2. The number of nitrogens with one attached hydrogen (secondary N) is 1. The Balaban J connectivity index is 2.01. The molecule has 0 aromatic carbocycles. The summed E-state index contributed by atoms with van der Waals surface area (Å²) in [6.07, 6.45) is 3.75. The lowest BCUT2D eigenvalue weighted by molar-refractivity contribution is -0.161. The largest absolute Gasteiger partial charge is 0.354 e. The van der Waals surface area contributed by atoms with Crippen LogP contribution in [0.25, 0.3) is 0 Å². The van der Waals surface area contributed by atoms with E-state index in [1.807, 2.05) is 0 Å². The molecule has 0 aromatic rings. The summed E-state index contributed by atoms with van der Waals surface area (Å²) in [5, 5.41) is 2.86. The molecule has 0 radical (unpaired) electrons. The lowest BCUT2D eigenvalue weighted by atomic mass is 9.92. The molecule has 100 valence electrons. The minimum Gasteiger partial charge on any atom is -0.354 e. The minimum absolute atomic E-state index is 0.0391. The molecule has 17 heavy (non-hydrogen) atoms. The molecule has 0 aliphatic carbocycles. The van der Waals surface area contributed by atoms with Crippen LogP contribution in [-0.4, -0.2) is 32.0 Å². The summed E-state index contributed by atoms with van der Waals surface area (Å²) >= 11 is 0. The Morgan fingerprint density at radius 2 is 2.18 bits per heavy atom. The maximum absolute atomic E-state index is 11.5. The van der Waals surface area contributed by atoms with Crippen molar-refractivity contribution in [2.45, 2.75) is 52.7 Å². The van der Waals surface area contributed by atoms with E-state index in [1.54, 1.807) is 0 Å². The lowest BCUT2D eigenvalue weighted by Crippen LogP contribution is -2.32. The van der Waals surface area contributed by atoms with Crippen molar-refractivity contribution in [2.75, 3.05) is 19.8 Å². The Morgan fingerprint density at radius 3 is 2.76 bits per heavy atom. The highest BCUT2D eigenvalue weighted by atomic mass is 16.7. The molecular formula is C13H25NO3. The maximum Gasteiger partial charge on any atom is 0.220 e. The van der Waals surface area contributed by atoms with Crippen LogP contribution in [0, 0.1) is 5.41 Å². The van der Waals surface area contributed by atoms with Crippen LogP contribution in [0.3, 0.4) is 0 Å². The van der Waals surface area contributed by atoms with Crippen LogP contribution in [0.5, 0.6) is 0 Å². The van der Waals surface area contributed by atoms with Crippen molar-refractivity contribution in [1.29, 1.82) is 0 Å².